The zero-order valence-corrected chi connectivity index (χ0v) is 19.5. The van der Waals surface area contributed by atoms with Gasteiger partial charge in [0.15, 0.2) is 0 Å². The van der Waals surface area contributed by atoms with E-state index in [1.165, 1.54) is 26.2 Å². The Labute approximate surface area is 188 Å². The standard InChI is InChI=1S/C24H31ClFN3O2/c1-5-29(18-9-7-6-8-10-18)21-12-17(25)11-19(14(21)2)23(30)27-13-20-15(3)22(26)16(4)28-24(20)31/h11-12,18H,5-10,13H2,1-4H3,(H,27,30)(H,28,31). The molecule has 0 saturated heterocycles. The summed E-state index contributed by atoms with van der Waals surface area (Å²) in [5.74, 6) is -0.795. The summed E-state index contributed by atoms with van der Waals surface area (Å²) in [4.78, 5) is 30.1. The van der Waals surface area contributed by atoms with Crippen molar-refractivity contribution in [2.24, 2.45) is 0 Å². The molecule has 3 rings (SSSR count). The van der Waals surface area contributed by atoms with Gasteiger partial charge in [-0.25, -0.2) is 4.39 Å². The highest BCUT2D eigenvalue weighted by Crippen LogP contribution is 2.33. The highest BCUT2D eigenvalue weighted by atomic mass is 35.5. The Kier molecular flexibility index (Phi) is 7.42. The average molecular weight is 448 g/mol. The van der Waals surface area contributed by atoms with Gasteiger partial charge in [0.2, 0.25) is 0 Å². The van der Waals surface area contributed by atoms with E-state index < -0.39 is 11.4 Å². The second kappa shape index (κ2) is 9.86. The van der Waals surface area contributed by atoms with Gasteiger partial charge in [0.25, 0.3) is 11.5 Å². The Balaban J connectivity index is 1.87. The molecule has 5 nitrogen and oxygen atoms in total. The van der Waals surface area contributed by atoms with E-state index in [9.17, 15) is 14.0 Å². The van der Waals surface area contributed by atoms with E-state index in [0.717, 1.165) is 30.6 Å². The van der Waals surface area contributed by atoms with Crippen LogP contribution in [-0.4, -0.2) is 23.5 Å². The minimum absolute atomic E-state index is 0.0569. The van der Waals surface area contributed by atoms with E-state index >= 15 is 0 Å². The van der Waals surface area contributed by atoms with E-state index in [1.807, 2.05) is 13.0 Å². The lowest BCUT2D eigenvalue weighted by Gasteiger charge is -2.36. The zero-order chi connectivity index (χ0) is 22.7. The van der Waals surface area contributed by atoms with Gasteiger partial charge in [0, 0.05) is 41.0 Å². The highest BCUT2D eigenvalue weighted by molar-refractivity contribution is 6.31. The molecule has 168 valence electrons. The Hall–Kier alpha value is -2.34. The quantitative estimate of drug-likeness (QED) is 0.641. The number of halogens is 2. The number of aryl methyl sites for hydroxylation is 1. The number of rotatable bonds is 6. The third kappa shape index (κ3) is 4.95. The number of nitrogens with zero attached hydrogens (tertiary/aromatic N) is 1. The molecule has 0 aliphatic heterocycles. The van der Waals surface area contributed by atoms with Gasteiger partial charge in [0.05, 0.1) is 5.69 Å². The first-order valence-corrected chi connectivity index (χ1v) is 11.3. The Bertz CT molecular complexity index is 1030. The normalized spacial score (nSPS) is 14.5. The van der Waals surface area contributed by atoms with Crippen LogP contribution in [0.5, 0.6) is 0 Å². The van der Waals surface area contributed by atoms with Crippen LogP contribution in [0.1, 0.15) is 71.8 Å². The molecule has 1 aliphatic rings. The van der Waals surface area contributed by atoms with Gasteiger partial charge >= 0.3 is 0 Å². The smallest absolute Gasteiger partial charge is 0.253 e. The number of carbonyl (C=O) groups excluding carboxylic acids is 1. The lowest BCUT2D eigenvalue weighted by molar-refractivity contribution is 0.0950. The Morgan fingerprint density at radius 2 is 1.87 bits per heavy atom. The van der Waals surface area contributed by atoms with Gasteiger partial charge in [-0.05, 0) is 63.8 Å². The van der Waals surface area contributed by atoms with E-state index in [1.54, 1.807) is 13.0 Å². The van der Waals surface area contributed by atoms with Gasteiger partial charge in [-0.3, -0.25) is 9.59 Å². The predicted octanol–water partition coefficient (Wildman–Crippen LogP) is 5.18. The first kappa shape index (κ1) is 23.3. The molecule has 0 radical (unpaired) electrons. The summed E-state index contributed by atoms with van der Waals surface area (Å²) in [6.07, 6.45) is 5.99. The lowest BCUT2D eigenvalue weighted by Crippen LogP contribution is -2.37. The van der Waals surface area contributed by atoms with E-state index in [2.05, 4.69) is 22.1 Å². The van der Waals surface area contributed by atoms with Gasteiger partial charge in [-0.15, -0.1) is 0 Å². The maximum absolute atomic E-state index is 14.2. The molecule has 2 N–H and O–H groups in total. The van der Waals surface area contributed by atoms with Crippen LogP contribution in [0.2, 0.25) is 5.02 Å². The largest absolute Gasteiger partial charge is 0.369 e. The van der Waals surface area contributed by atoms with E-state index in [4.69, 9.17) is 11.6 Å². The van der Waals surface area contributed by atoms with Gasteiger partial charge in [0.1, 0.15) is 5.82 Å². The molecule has 7 heteroatoms. The summed E-state index contributed by atoms with van der Waals surface area (Å²) >= 11 is 6.40. The maximum Gasteiger partial charge on any atom is 0.253 e. The van der Waals surface area contributed by atoms with Crippen LogP contribution in [0.3, 0.4) is 0 Å². The molecule has 1 amide bonds. The molecule has 0 bridgehead atoms. The number of anilines is 1. The lowest BCUT2D eigenvalue weighted by atomic mass is 9.93. The number of hydrogen-bond acceptors (Lipinski definition) is 3. The van der Waals surface area contributed by atoms with Crippen molar-refractivity contribution in [3.8, 4) is 0 Å². The van der Waals surface area contributed by atoms with Crippen molar-refractivity contribution in [1.82, 2.24) is 10.3 Å². The number of carbonyl (C=O) groups is 1. The Morgan fingerprint density at radius 1 is 1.19 bits per heavy atom. The van der Waals surface area contributed by atoms with Crippen LogP contribution < -0.4 is 15.8 Å². The van der Waals surface area contributed by atoms with E-state index in [0.29, 0.717) is 16.6 Å². The minimum Gasteiger partial charge on any atom is -0.369 e. The number of hydrogen-bond donors (Lipinski definition) is 2. The van der Waals surface area contributed by atoms with Crippen LogP contribution in [0.4, 0.5) is 10.1 Å². The number of aromatic amines is 1. The summed E-state index contributed by atoms with van der Waals surface area (Å²) in [6, 6.07) is 4.02. The van der Waals surface area contributed by atoms with Crippen molar-refractivity contribution in [3.05, 3.63) is 61.3 Å². The molecule has 1 aromatic carbocycles. The SMILES string of the molecule is CCN(c1cc(Cl)cc(C(=O)NCc2c(C)c(F)c(C)[nH]c2=O)c1C)C1CCCCC1. The van der Waals surface area contributed by atoms with Crippen molar-refractivity contribution in [3.63, 3.8) is 0 Å². The van der Waals surface area contributed by atoms with Crippen LogP contribution in [-0.2, 0) is 6.54 Å². The highest BCUT2D eigenvalue weighted by Gasteiger charge is 2.24. The van der Waals surface area contributed by atoms with Gasteiger partial charge < -0.3 is 15.2 Å². The van der Waals surface area contributed by atoms with Crippen molar-refractivity contribution in [1.29, 1.82) is 0 Å². The van der Waals surface area contributed by atoms with Crippen LogP contribution in [0.15, 0.2) is 16.9 Å². The summed E-state index contributed by atoms with van der Waals surface area (Å²) in [6.45, 7) is 7.88. The third-order valence-electron chi connectivity index (χ3n) is 6.37. The van der Waals surface area contributed by atoms with Crippen molar-refractivity contribution in [2.45, 2.75) is 72.4 Å². The van der Waals surface area contributed by atoms with Gasteiger partial charge in [-0.2, -0.15) is 0 Å². The molecular formula is C24H31ClFN3O2. The molecule has 1 fully saturated rings. The summed E-state index contributed by atoms with van der Waals surface area (Å²) < 4.78 is 14.2. The zero-order valence-electron chi connectivity index (χ0n) is 18.7. The summed E-state index contributed by atoms with van der Waals surface area (Å²) in [5.41, 5.74) is 2.56. The molecule has 2 aromatic rings. The Morgan fingerprint density at radius 3 is 2.52 bits per heavy atom. The van der Waals surface area contributed by atoms with Crippen molar-refractivity contribution in [2.75, 3.05) is 11.4 Å². The van der Waals surface area contributed by atoms with Crippen LogP contribution in [0.25, 0.3) is 0 Å². The summed E-state index contributed by atoms with van der Waals surface area (Å²) in [5, 5.41) is 3.27. The molecule has 1 heterocycles. The monoisotopic (exact) mass is 447 g/mol. The maximum atomic E-state index is 14.2. The molecule has 0 spiro atoms. The third-order valence-corrected chi connectivity index (χ3v) is 6.59. The fraction of sp³-hybridized carbons (Fsp3) is 0.500. The average Bonchev–Trinajstić information content (AvgIpc) is 2.75. The number of aromatic nitrogens is 1. The fourth-order valence-corrected chi connectivity index (χ4v) is 4.79. The topological polar surface area (TPSA) is 65.2 Å². The number of benzene rings is 1. The number of nitrogens with one attached hydrogen (secondary N) is 2. The minimum atomic E-state index is -0.462. The summed E-state index contributed by atoms with van der Waals surface area (Å²) in [7, 11) is 0. The van der Waals surface area contributed by atoms with Gasteiger partial charge in [-0.1, -0.05) is 30.9 Å². The first-order valence-electron chi connectivity index (χ1n) is 11.0. The number of H-pyrrole nitrogens is 1. The van der Waals surface area contributed by atoms with E-state index in [-0.39, 0.29) is 29.3 Å². The molecule has 31 heavy (non-hydrogen) atoms. The second-order valence-corrected chi connectivity index (χ2v) is 8.79. The molecule has 1 aliphatic carbocycles. The fourth-order valence-electron chi connectivity index (χ4n) is 4.58. The second-order valence-electron chi connectivity index (χ2n) is 8.35. The first-order chi connectivity index (χ1) is 14.7. The van der Waals surface area contributed by atoms with Crippen molar-refractivity contribution < 1.29 is 9.18 Å². The number of pyridine rings is 1. The number of amides is 1. The molecule has 1 saturated carbocycles. The van der Waals surface area contributed by atoms with Crippen molar-refractivity contribution >= 4 is 23.2 Å². The molecule has 0 unspecified atom stereocenters. The van der Waals surface area contributed by atoms with Crippen LogP contribution >= 0.6 is 11.6 Å². The molecular weight excluding hydrogens is 417 g/mol. The predicted molar refractivity (Wildman–Crippen MR) is 124 cm³/mol. The van der Waals surface area contributed by atoms with Crippen LogP contribution in [0, 0.1) is 26.6 Å². The molecule has 0 atom stereocenters. The molecule has 1 aromatic heterocycles.